The summed E-state index contributed by atoms with van der Waals surface area (Å²) >= 11 is 4.87. The molecular weight excluding hydrogens is 380 g/mol. The van der Waals surface area contributed by atoms with Crippen LogP contribution in [0.3, 0.4) is 0 Å². The number of halogens is 1. The first-order valence-corrected chi connectivity index (χ1v) is 9.89. The Morgan fingerprint density at radius 3 is 2.71 bits per heavy atom. The van der Waals surface area contributed by atoms with E-state index in [4.69, 9.17) is 0 Å². The Morgan fingerprint density at radius 2 is 2.14 bits per heavy atom. The summed E-state index contributed by atoms with van der Waals surface area (Å²) in [6.45, 7) is 0. The minimum absolute atomic E-state index is 0.161. The maximum atomic E-state index is 12.4. The Morgan fingerprint density at radius 1 is 1.43 bits per heavy atom. The molecule has 1 N–H and O–H groups in total. The van der Waals surface area contributed by atoms with Crippen molar-refractivity contribution in [3.8, 4) is 0 Å². The van der Waals surface area contributed by atoms with Gasteiger partial charge in [0.15, 0.2) is 4.90 Å². The summed E-state index contributed by atoms with van der Waals surface area (Å²) in [5.41, 5.74) is -0.412. The van der Waals surface area contributed by atoms with E-state index in [1.54, 1.807) is 11.8 Å². The molecule has 0 spiro atoms. The summed E-state index contributed by atoms with van der Waals surface area (Å²) in [5, 5.41) is 11.5. The lowest BCUT2D eigenvalue weighted by molar-refractivity contribution is -0.387. The number of benzene rings is 1. The van der Waals surface area contributed by atoms with E-state index in [0.29, 0.717) is 9.72 Å². The zero-order valence-corrected chi connectivity index (χ0v) is 14.5. The molecule has 0 amide bonds. The highest BCUT2D eigenvalue weighted by atomic mass is 79.9. The summed E-state index contributed by atoms with van der Waals surface area (Å²) < 4.78 is 27.9. The zero-order chi connectivity index (χ0) is 15.6. The lowest BCUT2D eigenvalue weighted by Crippen LogP contribution is -2.33. The summed E-state index contributed by atoms with van der Waals surface area (Å²) in [5.74, 6) is 0. The number of nitrogens with zero attached hydrogens (tertiary/aromatic N) is 1. The van der Waals surface area contributed by atoms with Crippen molar-refractivity contribution < 1.29 is 13.3 Å². The van der Waals surface area contributed by atoms with Crippen molar-refractivity contribution in [1.29, 1.82) is 0 Å². The first-order valence-electron chi connectivity index (χ1n) is 6.32. The monoisotopic (exact) mass is 394 g/mol. The smallest absolute Gasteiger partial charge is 0.258 e. The maximum absolute atomic E-state index is 12.4. The van der Waals surface area contributed by atoms with E-state index in [1.807, 2.05) is 6.26 Å². The van der Waals surface area contributed by atoms with Crippen molar-refractivity contribution in [2.24, 2.45) is 0 Å². The van der Waals surface area contributed by atoms with Crippen LogP contribution in [0.15, 0.2) is 27.6 Å². The van der Waals surface area contributed by atoms with Gasteiger partial charge >= 0.3 is 0 Å². The molecule has 116 valence electrons. The van der Waals surface area contributed by atoms with Gasteiger partial charge in [0.25, 0.3) is 5.69 Å². The molecule has 9 heteroatoms. The van der Waals surface area contributed by atoms with E-state index in [2.05, 4.69) is 20.7 Å². The van der Waals surface area contributed by atoms with E-state index in [0.717, 1.165) is 19.3 Å². The van der Waals surface area contributed by atoms with Crippen molar-refractivity contribution in [1.82, 2.24) is 4.72 Å². The number of sulfonamides is 1. The molecule has 1 aliphatic carbocycles. The summed E-state index contributed by atoms with van der Waals surface area (Å²) in [7, 11) is -3.90. The Labute approximate surface area is 136 Å². The van der Waals surface area contributed by atoms with E-state index in [1.165, 1.54) is 18.2 Å². The SMILES string of the molecule is CSC1CCC(NS(=O)(=O)c2cc(Br)ccc2[N+](=O)[O-])C1. The first kappa shape index (κ1) is 16.7. The highest BCUT2D eigenvalue weighted by molar-refractivity contribution is 9.10. The molecule has 1 aromatic rings. The van der Waals surface area contributed by atoms with Gasteiger partial charge in [-0.2, -0.15) is 11.8 Å². The van der Waals surface area contributed by atoms with Crippen molar-refractivity contribution in [3.63, 3.8) is 0 Å². The van der Waals surface area contributed by atoms with E-state index in [9.17, 15) is 18.5 Å². The number of hydrogen-bond donors (Lipinski definition) is 1. The molecule has 0 saturated heterocycles. The van der Waals surface area contributed by atoms with Crippen LogP contribution < -0.4 is 4.72 Å². The molecule has 1 aromatic carbocycles. The largest absolute Gasteiger partial charge is 0.289 e. The lowest BCUT2D eigenvalue weighted by Gasteiger charge is -2.13. The maximum Gasteiger partial charge on any atom is 0.289 e. The van der Waals surface area contributed by atoms with Crippen LogP contribution in [-0.2, 0) is 10.0 Å². The van der Waals surface area contributed by atoms with Crippen LogP contribution >= 0.6 is 27.7 Å². The van der Waals surface area contributed by atoms with Crippen LogP contribution in [-0.4, -0.2) is 30.9 Å². The standard InChI is InChI=1S/C12H15BrN2O4S2/c1-20-10-4-3-9(7-10)14-21(18,19)12-6-8(13)2-5-11(12)15(16)17/h2,5-6,9-10,14H,3-4,7H2,1H3. The fourth-order valence-corrected chi connectivity index (χ4v) is 5.19. The van der Waals surface area contributed by atoms with Gasteiger partial charge in [-0.3, -0.25) is 10.1 Å². The summed E-state index contributed by atoms with van der Waals surface area (Å²) in [6, 6.07) is 3.75. The third-order valence-corrected chi connectivity index (χ3v) is 6.59. The molecule has 0 aliphatic heterocycles. The quantitative estimate of drug-likeness (QED) is 0.612. The predicted octanol–water partition coefficient (Wildman–Crippen LogP) is 2.92. The van der Waals surface area contributed by atoms with Crippen LogP contribution in [0.1, 0.15) is 19.3 Å². The Bertz CT molecular complexity index is 651. The Hall–Kier alpha value is -0.640. The van der Waals surface area contributed by atoms with Gasteiger partial charge in [0.2, 0.25) is 10.0 Å². The minimum atomic E-state index is -3.90. The summed E-state index contributed by atoms with van der Waals surface area (Å²) in [6.07, 6.45) is 4.46. The molecule has 1 aliphatic rings. The number of nitro groups is 1. The van der Waals surface area contributed by atoms with Crippen molar-refractivity contribution in [3.05, 3.63) is 32.8 Å². The predicted molar refractivity (Wildman–Crippen MR) is 86.1 cm³/mol. The molecule has 1 fully saturated rings. The molecule has 0 radical (unpaired) electrons. The molecule has 2 unspecified atom stereocenters. The summed E-state index contributed by atoms with van der Waals surface area (Å²) in [4.78, 5) is 10.0. The second-order valence-corrected chi connectivity index (χ2v) is 8.59. The van der Waals surface area contributed by atoms with Gasteiger partial charge in [-0.05, 0) is 37.7 Å². The van der Waals surface area contributed by atoms with Gasteiger partial charge in [0.1, 0.15) is 0 Å². The third kappa shape index (κ3) is 3.97. The van der Waals surface area contributed by atoms with E-state index >= 15 is 0 Å². The molecule has 1 saturated carbocycles. The third-order valence-electron chi connectivity index (χ3n) is 3.45. The highest BCUT2D eigenvalue weighted by Gasteiger charge is 2.32. The van der Waals surface area contributed by atoms with Gasteiger partial charge in [0, 0.05) is 21.8 Å². The normalized spacial score (nSPS) is 22.4. The average molecular weight is 395 g/mol. The van der Waals surface area contributed by atoms with Crippen LogP contribution in [0.2, 0.25) is 0 Å². The van der Waals surface area contributed by atoms with Gasteiger partial charge < -0.3 is 0 Å². The Balaban J connectivity index is 2.28. The van der Waals surface area contributed by atoms with Crippen molar-refractivity contribution in [2.45, 2.75) is 35.4 Å². The number of nitrogens with one attached hydrogen (secondary N) is 1. The van der Waals surface area contributed by atoms with Crippen LogP contribution in [0, 0.1) is 10.1 Å². The van der Waals surface area contributed by atoms with Gasteiger partial charge in [-0.25, -0.2) is 13.1 Å². The van der Waals surface area contributed by atoms with Crippen LogP contribution in [0.25, 0.3) is 0 Å². The van der Waals surface area contributed by atoms with Gasteiger partial charge in [0.05, 0.1) is 4.92 Å². The molecule has 0 aromatic heterocycles. The molecule has 2 rings (SSSR count). The molecule has 21 heavy (non-hydrogen) atoms. The first-order chi connectivity index (χ1) is 9.83. The molecular formula is C12H15BrN2O4S2. The molecule has 6 nitrogen and oxygen atoms in total. The number of hydrogen-bond acceptors (Lipinski definition) is 5. The topological polar surface area (TPSA) is 89.3 Å². The minimum Gasteiger partial charge on any atom is -0.258 e. The Kier molecular flexibility index (Phi) is 5.29. The van der Waals surface area contributed by atoms with Gasteiger partial charge in [-0.1, -0.05) is 15.9 Å². The van der Waals surface area contributed by atoms with E-state index < -0.39 is 20.6 Å². The molecule has 0 bridgehead atoms. The van der Waals surface area contributed by atoms with E-state index in [-0.39, 0.29) is 10.9 Å². The van der Waals surface area contributed by atoms with Gasteiger partial charge in [-0.15, -0.1) is 0 Å². The molecule has 0 heterocycles. The second kappa shape index (κ2) is 6.64. The van der Waals surface area contributed by atoms with Crippen molar-refractivity contribution >= 4 is 43.4 Å². The number of rotatable bonds is 5. The fraction of sp³-hybridized carbons (Fsp3) is 0.500. The lowest BCUT2D eigenvalue weighted by atomic mass is 10.3. The average Bonchev–Trinajstić information content (AvgIpc) is 2.85. The molecule has 2 atom stereocenters. The van der Waals surface area contributed by atoms with Crippen LogP contribution in [0.5, 0.6) is 0 Å². The second-order valence-electron chi connectivity index (χ2n) is 4.86. The van der Waals surface area contributed by atoms with Crippen molar-refractivity contribution in [2.75, 3.05) is 6.26 Å². The zero-order valence-electron chi connectivity index (χ0n) is 11.3. The highest BCUT2D eigenvalue weighted by Crippen LogP contribution is 2.31. The van der Waals surface area contributed by atoms with Crippen LogP contribution in [0.4, 0.5) is 5.69 Å². The fourth-order valence-electron chi connectivity index (χ4n) is 2.40. The number of nitro benzene ring substituents is 1. The number of thioether (sulfide) groups is 1.